The summed E-state index contributed by atoms with van der Waals surface area (Å²) in [5, 5.41) is 0. The number of carbonyl (C=O) groups excluding carboxylic acids is 3. The summed E-state index contributed by atoms with van der Waals surface area (Å²) < 4.78 is 16.8. The van der Waals surface area contributed by atoms with Crippen molar-refractivity contribution in [2.75, 3.05) is 13.2 Å². The molecule has 75 heavy (non-hydrogen) atoms. The molecular weight excluding hydrogens is 925 g/mol. The topological polar surface area (TPSA) is 78.9 Å². The second-order valence-corrected chi connectivity index (χ2v) is 20.6. The van der Waals surface area contributed by atoms with Crippen LogP contribution >= 0.6 is 0 Å². The summed E-state index contributed by atoms with van der Waals surface area (Å²) in [4.78, 5) is 38.1. The molecule has 6 heteroatoms. The van der Waals surface area contributed by atoms with E-state index in [2.05, 4.69) is 130 Å². The molecule has 0 fully saturated rings. The molecule has 0 spiro atoms. The standard InChI is InChI=1S/C69H116O6/c1-4-7-10-13-16-19-21-23-25-27-29-31-33-34-36-37-39-41-43-45-47-50-53-56-59-62-68(71)74-65-66(64-73-67(70)61-58-55-52-49-18-15-12-9-6-3)75-69(72)63-60-57-54-51-48-46-44-42-40-38-35-32-30-28-26-24-22-20-17-14-11-8-5-2/h8,11,17,20-21,23-24,26-27,29-30,32,38,40,44,46,51,54,66H,4-7,9-10,12-16,18-19,22,25,28,31,33-37,39,41-43,45,47-50,52-53,55-65H2,1-3H3/b11-8-,20-17-,23-21-,26-24-,29-27-,32-30-,40-38-,46-44-,54-51-. The van der Waals surface area contributed by atoms with E-state index >= 15 is 0 Å². The highest BCUT2D eigenvalue weighted by Gasteiger charge is 2.19. The normalized spacial score (nSPS) is 12.8. The highest BCUT2D eigenvalue weighted by atomic mass is 16.6. The summed E-state index contributed by atoms with van der Waals surface area (Å²) >= 11 is 0. The molecule has 0 aromatic heterocycles. The maximum Gasteiger partial charge on any atom is 0.306 e. The van der Waals surface area contributed by atoms with E-state index in [1.54, 1.807) is 0 Å². The Morgan fingerprint density at radius 1 is 0.280 bits per heavy atom. The van der Waals surface area contributed by atoms with Crippen LogP contribution in [-0.4, -0.2) is 37.2 Å². The van der Waals surface area contributed by atoms with Gasteiger partial charge in [0.25, 0.3) is 0 Å². The van der Waals surface area contributed by atoms with Gasteiger partial charge in [-0.05, 0) is 103 Å². The van der Waals surface area contributed by atoms with Gasteiger partial charge in [-0.1, -0.05) is 278 Å². The Kier molecular flexibility index (Phi) is 59.3. The lowest BCUT2D eigenvalue weighted by atomic mass is 10.0. The van der Waals surface area contributed by atoms with Gasteiger partial charge in [0, 0.05) is 19.3 Å². The van der Waals surface area contributed by atoms with Gasteiger partial charge in [0.05, 0.1) is 0 Å². The summed E-state index contributed by atoms with van der Waals surface area (Å²) in [5.74, 6) is -0.959. The number of esters is 3. The molecule has 0 N–H and O–H groups in total. The van der Waals surface area contributed by atoms with Gasteiger partial charge in [-0.15, -0.1) is 0 Å². The Bertz CT molecular complexity index is 1520. The van der Waals surface area contributed by atoms with Crippen molar-refractivity contribution in [3.05, 3.63) is 109 Å². The number of carbonyl (C=O) groups is 3. The quantitative estimate of drug-likeness (QED) is 0.0261. The summed E-state index contributed by atoms with van der Waals surface area (Å²) in [7, 11) is 0. The zero-order chi connectivity index (χ0) is 54.3. The third-order valence-electron chi connectivity index (χ3n) is 13.3. The largest absolute Gasteiger partial charge is 0.462 e. The van der Waals surface area contributed by atoms with Gasteiger partial charge in [-0.25, -0.2) is 0 Å². The van der Waals surface area contributed by atoms with Crippen molar-refractivity contribution in [2.24, 2.45) is 0 Å². The van der Waals surface area contributed by atoms with Gasteiger partial charge in [-0.3, -0.25) is 14.4 Å². The smallest absolute Gasteiger partial charge is 0.306 e. The first-order valence-electron chi connectivity index (χ1n) is 31.4. The molecule has 0 aromatic carbocycles. The molecule has 0 aliphatic rings. The van der Waals surface area contributed by atoms with Crippen molar-refractivity contribution < 1.29 is 28.6 Å². The van der Waals surface area contributed by atoms with Crippen LogP contribution in [0, 0.1) is 0 Å². The van der Waals surface area contributed by atoms with E-state index in [1.165, 1.54) is 148 Å². The second kappa shape index (κ2) is 62.6. The molecular formula is C69H116O6. The zero-order valence-corrected chi connectivity index (χ0v) is 49.0. The van der Waals surface area contributed by atoms with E-state index in [4.69, 9.17) is 14.2 Å². The summed E-state index contributed by atoms with van der Waals surface area (Å²) in [6.45, 7) is 6.46. The Hall–Kier alpha value is -3.93. The fourth-order valence-corrected chi connectivity index (χ4v) is 8.58. The minimum Gasteiger partial charge on any atom is -0.462 e. The Morgan fingerprint density at radius 2 is 0.533 bits per heavy atom. The van der Waals surface area contributed by atoms with Crippen molar-refractivity contribution in [1.29, 1.82) is 0 Å². The summed E-state index contributed by atoms with van der Waals surface area (Å²) in [5.41, 5.74) is 0. The lowest BCUT2D eigenvalue weighted by Crippen LogP contribution is -2.30. The fraction of sp³-hybridized carbons (Fsp3) is 0.696. The molecule has 0 bridgehead atoms. The van der Waals surface area contributed by atoms with Crippen LogP contribution in [0.3, 0.4) is 0 Å². The monoisotopic (exact) mass is 1040 g/mol. The molecule has 428 valence electrons. The number of rotatable bonds is 56. The maximum atomic E-state index is 12.9. The number of allylic oxidation sites excluding steroid dienone is 18. The van der Waals surface area contributed by atoms with Crippen LogP contribution in [0.1, 0.15) is 290 Å². The first-order valence-corrected chi connectivity index (χ1v) is 31.4. The Labute approximate surface area is 463 Å². The third-order valence-corrected chi connectivity index (χ3v) is 13.3. The first-order chi connectivity index (χ1) is 37.0. The lowest BCUT2D eigenvalue weighted by Gasteiger charge is -2.18. The molecule has 0 saturated heterocycles. The van der Waals surface area contributed by atoms with E-state index in [0.29, 0.717) is 19.3 Å². The van der Waals surface area contributed by atoms with Gasteiger partial charge in [-0.2, -0.15) is 0 Å². The van der Waals surface area contributed by atoms with Crippen molar-refractivity contribution in [3.8, 4) is 0 Å². The summed E-state index contributed by atoms with van der Waals surface area (Å²) in [6.07, 6.45) is 85.4. The van der Waals surface area contributed by atoms with Gasteiger partial charge in [0.15, 0.2) is 6.10 Å². The minimum absolute atomic E-state index is 0.100. The number of hydrogen-bond donors (Lipinski definition) is 0. The molecule has 0 aliphatic heterocycles. The first kappa shape index (κ1) is 71.1. The zero-order valence-electron chi connectivity index (χ0n) is 49.0. The van der Waals surface area contributed by atoms with E-state index in [-0.39, 0.29) is 37.5 Å². The highest BCUT2D eigenvalue weighted by molar-refractivity contribution is 5.71. The predicted molar refractivity (Wildman–Crippen MR) is 325 cm³/mol. The van der Waals surface area contributed by atoms with Crippen LogP contribution in [0.25, 0.3) is 0 Å². The van der Waals surface area contributed by atoms with Gasteiger partial charge >= 0.3 is 17.9 Å². The van der Waals surface area contributed by atoms with Gasteiger partial charge < -0.3 is 14.2 Å². The molecule has 0 radical (unpaired) electrons. The Morgan fingerprint density at radius 3 is 0.853 bits per heavy atom. The fourth-order valence-electron chi connectivity index (χ4n) is 8.58. The highest BCUT2D eigenvalue weighted by Crippen LogP contribution is 2.16. The summed E-state index contributed by atoms with van der Waals surface area (Å²) in [6, 6.07) is 0. The number of unbranched alkanes of at least 4 members (excludes halogenated alkanes) is 27. The van der Waals surface area contributed by atoms with Crippen LogP contribution in [0.5, 0.6) is 0 Å². The van der Waals surface area contributed by atoms with E-state index < -0.39 is 6.10 Å². The van der Waals surface area contributed by atoms with Crippen LogP contribution in [0.15, 0.2) is 109 Å². The van der Waals surface area contributed by atoms with Gasteiger partial charge in [0.1, 0.15) is 13.2 Å². The maximum absolute atomic E-state index is 12.9. The molecule has 0 saturated carbocycles. The number of hydrogen-bond acceptors (Lipinski definition) is 6. The molecule has 1 unspecified atom stereocenters. The van der Waals surface area contributed by atoms with Crippen molar-refractivity contribution in [3.63, 3.8) is 0 Å². The minimum atomic E-state index is -0.809. The number of ether oxygens (including phenoxy) is 3. The molecule has 0 rings (SSSR count). The molecule has 0 heterocycles. The van der Waals surface area contributed by atoms with E-state index in [9.17, 15) is 14.4 Å². The average Bonchev–Trinajstić information content (AvgIpc) is 3.41. The molecule has 6 nitrogen and oxygen atoms in total. The van der Waals surface area contributed by atoms with E-state index in [1.807, 2.05) is 0 Å². The molecule has 0 amide bonds. The van der Waals surface area contributed by atoms with Crippen molar-refractivity contribution in [1.82, 2.24) is 0 Å². The Balaban J connectivity index is 4.32. The van der Waals surface area contributed by atoms with Crippen molar-refractivity contribution >= 4 is 17.9 Å². The lowest BCUT2D eigenvalue weighted by molar-refractivity contribution is -0.167. The predicted octanol–water partition coefficient (Wildman–Crippen LogP) is 21.4. The van der Waals surface area contributed by atoms with Crippen LogP contribution in [0.2, 0.25) is 0 Å². The third kappa shape index (κ3) is 60.8. The molecule has 0 aliphatic carbocycles. The second-order valence-electron chi connectivity index (χ2n) is 20.6. The van der Waals surface area contributed by atoms with Crippen LogP contribution in [-0.2, 0) is 28.6 Å². The van der Waals surface area contributed by atoms with Crippen LogP contribution < -0.4 is 0 Å². The van der Waals surface area contributed by atoms with Crippen molar-refractivity contribution in [2.45, 2.75) is 297 Å². The molecule has 1 atom stereocenters. The van der Waals surface area contributed by atoms with E-state index in [0.717, 1.165) is 96.3 Å². The molecule has 0 aromatic rings. The van der Waals surface area contributed by atoms with Gasteiger partial charge in [0.2, 0.25) is 0 Å². The average molecular weight is 1040 g/mol. The van der Waals surface area contributed by atoms with Crippen LogP contribution in [0.4, 0.5) is 0 Å². The SMILES string of the molecule is CC/C=C\C/C=C\C/C=C\C/C=C\C/C=C\C/C=C\C/C=C\CCCC(=O)OC(COC(=O)CCCCCCCCCCC)COC(=O)CCCCCCCCCCCCCCC/C=C\C/C=C\CCCCCCC.